The number of amides is 1. The van der Waals surface area contributed by atoms with E-state index in [4.69, 9.17) is 16.3 Å². The normalized spacial score (nSPS) is 11.8. The van der Waals surface area contributed by atoms with Crippen LogP contribution in [0.2, 0.25) is 5.02 Å². The molecule has 0 saturated carbocycles. The molecule has 0 bridgehead atoms. The van der Waals surface area contributed by atoms with Gasteiger partial charge in [0, 0.05) is 11.2 Å². The summed E-state index contributed by atoms with van der Waals surface area (Å²) in [7, 11) is 1.62. The maximum absolute atomic E-state index is 12.0. The number of hydrogen-bond donors (Lipinski definition) is 1. The Morgan fingerprint density at radius 3 is 2.60 bits per heavy atom. The fourth-order valence-corrected chi connectivity index (χ4v) is 1.94. The number of halogens is 1. The molecule has 0 saturated heterocycles. The van der Waals surface area contributed by atoms with E-state index in [1.54, 1.807) is 13.2 Å². The zero-order chi connectivity index (χ0) is 14.5. The van der Waals surface area contributed by atoms with Crippen LogP contribution >= 0.6 is 11.6 Å². The topological polar surface area (TPSA) is 51.2 Å². The van der Waals surface area contributed by atoms with Gasteiger partial charge in [0.15, 0.2) is 0 Å². The van der Waals surface area contributed by atoms with Gasteiger partial charge in [-0.2, -0.15) is 0 Å². The van der Waals surface area contributed by atoms with Crippen LogP contribution in [0.15, 0.2) is 42.6 Å². The van der Waals surface area contributed by atoms with Crippen LogP contribution < -0.4 is 10.1 Å². The van der Waals surface area contributed by atoms with Gasteiger partial charge in [0.25, 0.3) is 5.91 Å². The van der Waals surface area contributed by atoms with Crippen molar-refractivity contribution in [1.82, 2.24) is 10.3 Å². The van der Waals surface area contributed by atoms with Crippen LogP contribution in [0.25, 0.3) is 0 Å². The van der Waals surface area contributed by atoms with Crippen molar-refractivity contribution in [1.29, 1.82) is 0 Å². The van der Waals surface area contributed by atoms with Crippen molar-refractivity contribution in [3.8, 4) is 5.75 Å². The van der Waals surface area contributed by atoms with Crippen molar-refractivity contribution >= 4 is 17.5 Å². The second-order valence-electron chi connectivity index (χ2n) is 4.33. The molecule has 2 rings (SSSR count). The highest BCUT2D eigenvalue weighted by molar-refractivity contribution is 6.30. The summed E-state index contributed by atoms with van der Waals surface area (Å²) in [5.74, 6) is 0.527. The van der Waals surface area contributed by atoms with E-state index < -0.39 is 0 Å². The van der Waals surface area contributed by atoms with E-state index in [1.165, 1.54) is 12.3 Å². The standard InChI is InChI=1S/C15H15ClN2O2/c1-10(11-3-5-13(20-2)6-4-11)18-15(19)14-9-12(16)7-8-17-14/h3-10H,1-2H3,(H,18,19). The third-order valence-electron chi connectivity index (χ3n) is 2.92. The molecule has 1 unspecified atom stereocenters. The molecule has 104 valence electrons. The highest BCUT2D eigenvalue weighted by Gasteiger charge is 2.12. The molecule has 1 aromatic carbocycles. The lowest BCUT2D eigenvalue weighted by Crippen LogP contribution is -2.27. The fourth-order valence-electron chi connectivity index (χ4n) is 1.78. The summed E-state index contributed by atoms with van der Waals surface area (Å²) in [6.45, 7) is 1.91. The first-order valence-corrected chi connectivity index (χ1v) is 6.54. The van der Waals surface area contributed by atoms with E-state index in [2.05, 4.69) is 10.3 Å². The SMILES string of the molecule is COc1ccc(C(C)NC(=O)c2cc(Cl)ccn2)cc1. The summed E-state index contributed by atoms with van der Waals surface area (Å²) in [5, 5.41) is 3.36. The first kappa shape index (κ1) is 14.3. The van der Waals surface area contributed by atoms with Gasteiger partial charge in [0.1, 0.15) is 11.4 Å². The van der Waals surface area contributed by atoms with Crippen LogP contribution in [0.1, 0.15) is 29.0 Å². The van der Waals surface area contributed by atoms with Gasteiger partial charge < -0.3 is 10.1 Å². The van der Waals surface area contributed by atoms with Crippen molar-refractivity contribution in [3.63, 3.8) is 0 Å². The van der Waals surface area contributed by atoms with Crippen LogP contribution in [-0.4, -0.2) is 18.0 Å². The third-order valence-corrected chi connectivity index (χ3v) is 3.15. The summed E-state index contributed by atoms with van der Waals surface area (Å²) in [6.07, 6.45) is 1.51. The second-order valence-corrected chi connectivity index (χ2v) is 4.76. The highest BCUT2D eigenvalue weighted by atomic mass is 35.5. The Bertz CT molecular complexity index is 599. The number of benzene rings is 1. The lowest BCUT2D eigenvalue weighted by molar-refractivity contribution is 0.0935. The zero-order valence-corrected chi connectivity index (χ0v) is 12.0. The Labute approximate surface area is 122 Å². The van der Waals surface area contributed by atoms with Gasteiger partial charge in [-0.15, -0.1) is 0 Å². The molecule has 1 amide bonds. The Hall–Kier alpha value is -2.07. The number of methoxy groups -OCH3 is 1. The van der Waals surface area contributed by atoms with Gasteiger partial charge in [-0.1, -0.05) is 23.7 Å². The third kappa shape index (κ3) is 3.48. The molecule has 0 aliphatic heterocycles. The number of carbonyl (C=O) groups excluding carboxylic acids is 1. The largest absolute Gasteiger partial charge is 0.497 e. The van der Waals surface area contributed by atoms with E-state index in [9.17, 15) is 4.79 Å². The summed E-state index contributed by atoms with van der Waals surface area (Å²) >= 11 is 5.84. The number of pyridine rings is 1. The van der Waals surface area contributed by atoms with Gasteiger partial charge in [-0.25, -0.2) is 0 Å². The minimum absolute atomic E-state index is 0.130. The van der Waals surface area contributed by atoms with Crippen LogP contribution in [-0.2, 0) is 0 Å². The molecule has 1 aromatic heterocycles. The summed E-state index contributed by atoms with van der Waals surface area (Å²) in [6, 6.07) is 10.6. The Morgan fingerprint density at radius 1 is 1.30 bits per heavy atom. The number of nitrogens with zero attached hydrogens (tertiary/aromatic N) is 1. The number of rotatable bonds is 4. The van der Waals surface area contributed by atoms with Crippen molar-refractivity contribution in [2.24, 2.45) is 0 Å². The molecule has 0 aliphatic rings. The molecule has 0 fully saturated rings. The van der Waals surface area contributed by atoms with Crippen molar-refractivity contribution in [2.75, 3.05) is 7.11 Å². The fraction of sp³-hybridized carbons (Fsp3) is 0.200. The van der Waals surface area contributed by atoms with Crippen LogP contribution in [0.5, 0.6) is 5.75 Å². The Morgan fingerprint density at radius 2 is 2.00 bits per heavy atom. The summed E-state index contributed by atoms with van der Waals surface area (Å²) in [4.78, 5) is 16.0. The average molecular weight is 291 g/mol. The molecule has 0 spiro atoms. The number of carbonyl (C=O) groups is 1. The smallest absolute Gasteiger partial charge is 0.270 e. The lowest BCUT2D eigenvalue weighted by atomic mass is 10.1. The molecular weight excluding hydrogens is 276 g/mol. The molecular formula is C15H15ClN2O2. The average Bonchev–Trinajstić information content (AvgIpc) is 2.47. The van der Waals surface area contributed by atoms with Crippen molar-refractivity contribution in [3.05, 3.63) is 58.9 Å². The highest BCUT2D eigenvalue weighted by Crippen LogP contribution is 2.17. The van der Waals surface area contributed by atoms with E-state index in [0.29, 0.717) is 10.7 Å². The molecule has 0 radical (unpaired) electrons. The van der Waals surface area contributed by atoms with E-state index in [-0.39, 0.29) is 11.9 Å². The predicted octanol–water partition coefficient (Wildman–Crippen LogP) is 3.23. The van der Waals surface area contributed by atoms with Gasteiger partial charge in [-0.05, 0) is 36.8 Å². The quantitative estimate of drug-likeness (QED) is 0.940. The monoisotopic (exact) mass is 290 g/mol. The maximum Gasteiger partial charge on any atom is 0.270 e. The first-order valence-electron chi connectivity index (χ1n) is 6.16. The summed E-state index contributed by atoms with van der Waals surface area (Å²) < 4.78 is 5.10. The number of hydrogen-bond acceptors (Lipinski definition) is 3. The Kier molecular flexibility index (Phi) is 4.58. The molecule has 5 heteroatoms. The minimum atomic E-state index is -0.254. The molecule has 4 nitrogen and oxygen atoms in total. The van der Waals surface area contributed by atoms with Gasteiger partial charge in [-0.3, -0.25) is 9.78 Å². The Balaban J connectivity index is 2.06. The van der Waals surface area contributed by atoms with Crippen molar-refractivity contribution < 1.29 is 9.53 Å². The van der Waals surface area contributed by atoms with E-state index >= 15 is 0 Å². The zero-order valence-electron chi connectivity index (χ0n) is 11.3. The number of aromatic nitrogens is 1. The van der Waals surface area contributed by atoms with Crippen LogP contribution in [0.3, 0.4) is 0 Å². The minimum Gasteiger partial charge on any atom is -0.497 e. The van der Waals surface area contributed by atoms with Gasteiger partial charge >= 0.3 is 0 Å². The molecule has 1 atom stereocenters. The number of ether oxygens (including phenoxy) is 1. The molecule has 20 heavy (non-hydrogen) atoms. The number of nitrogens with one attached hydrogen (secondary N) is 1. The van der Waals surface area contributed by atoms with Crippen LogP contribution in [0, 0.1) is 0 Å². The molecule has 2 aromatic rings. The van der Waals surface area contributed by atoms with Crippen LogP contribution in [0.4, 0.5) is 0 Å². The van der Waals surface area contributed by atoms with Gasteiger partial charge in [0.05, 0.1) is 13.2 Å². The first-order chi connectivity index (χ1) is 9.60. The molecule has 0 aliphatic carbocycles. The van der Waals surface area contributed by atoms with E-state index in [1.807, 2.05) is 31.2 Å². The van der Waals surface area contributed by atoms with E-state index in [0.717, 1.165) is 11.3 Å². The second kappa shape index (κ2) is 6.39. The predicted molar refractivity (Wildman–Crippen MR) is 78.1 cm³/mol. The molecule has 1 N–H and O–H groups in total. The summed E-state index contributed by atoms with van der Waals surface area (Å²) in [5.41, 5.74) is 1.29. The van der Waals surface area contributed by atoms with Crippen molar-refractivity contribution in [2.45, 2.75) is 13.0 Å². The maximum atomic E-state index is 12.0. The molecule has 1 heterocycles. The lowest BCUT2D eigenvalue weighted by Gasteiger charge is -2.14. The van der Waals surface area contributed by atoms with Gasteiger partial charge in [0.2, 0.25) is 0 Å².